The van der Waals surface area contributed by atoms with Gasteiger partial charge in [-0.25, -0.2) is 0 Å². The number of carbonyl (C=O) groups excluding carboxylic acids is 1. The molecule has 24 heavy (non-hydrogen) atoms. The Bertz CT molecular complexity index is 825. The van der Waals surface area contributed by atoms with Crippen molar-refractivity contribution in [2.45, 2.75) is 13.3 Å². The summed E-state index contributed by atoms with van der Waals surface area (Å²) in [7, 11) is 1.66. The van der Waals surface area contributed by atoms with E-state index < -0.39 is 0 Å². The summed E-state index contributed by atoms with van der Waals surface area (Å²) in [6.45, 7) is 2.57. The molecular formula is C18H19N3O2S. The van der Waals surface area contributed by atoms with Crippen LogP contribution in [0.4, 0.5) is 0 Å². The van der Waals surface area contributed by atoms with Crippen molar-refractivity contribution in [3.63, 3.8) is 0 Å². The van der Waals surface area contributed by atoms with Gasteiger partial charge >= 0.3 is 0 Å². The summed E-state index contributed by atoms with van der Waals surface area (Å²) in [6.07, 6.45) is 0.707. The van der Waals surface area contributed by atoms with E-state index in [0.717, 1.165) is 21.9 Å². The van der Waals surface area contributed by atoms with Crippen molar-refractivity contribution in [3.8, 4) is 16.3 Å². The molecule has 1 amide bonds. The number of aryl methyl sites for hydroxylation is 1. The molecule has 2 heterocycles. The predicted molar refractivity (Wildman–Crippen MR) is 95.7 cm³/mol. The predicted octanol–water partition coefficient (Wildman–Crippen LogP) is 3.43. The molecule has 0 saturated carbocycles. The molecule has 0 aliphatic heterocycles. The number of H-pyrrole nitrogens is 1. The number of thiophene rings is 1. The summed E-state index contributed by atoms with van der Waals surface area (Å²) in [5, 5.41) is 11.9. The van der Waals surface area contributed by atoms with E-state index in [2.05, 4.69) is 21.6 Å². The number of aromatic amines is 1. The Hall–Kier alpha value is -2.60. The first-order valence-corrected chi connectivity index (χ1v) is 8.56. The van der Waals surface area contributed by atoms with Gasteiger partial charge in [-0.2, -0.15) is 5.10 Å². The fourth-order valence-electron chi connectivity index (χ4n) is 2.50. The van der Waals surface area contributed by atoms with Gasteiger partial charge in [0.2, 0.25) is 0 Å². The van der Waals surface area contributed by atoms with Crippen molar-refractivity contribution in [2.24, 2.45) is 0 Å². The van der Waals surface area contributed by atoms with Gasteiger partial charge < -0.3 is 10.1 Å². The second-order valence-corrected chi connectivity index (χ2v) is 6.41. The number of aromatic nitrogens is 2. The van der Waals surface area contributed by atoms with Gasteiger partial charge in [0.05, 0.1) is 17.7 Å². The van der Waals surface area contributed by atoms with Crippen molar-refractivity contribution in [3.05, 3.63) is 58.6 Å². The van der Waals surface area contributed by atoms with E-state index in [1.54, 1.807) is 24.5 Å². The van der Waals surface area contributed by atoms with Gasteiger partial charge in [0, 0.05) is 6.54 Å². The molecule has 0 radical (unpaired) electrons. The molecule has 3 rings (SSSR count). The van der Waals surface area contributed by atoms with Gasteiger partial charge in [-0.3, -0.25) is 9.89 Å². The molecule has 1 aromatic carbocycles. The Kier molecular flexibility index (Phi) is 4.96. The lowest BCUT2D eigenvalue weighted by Crippen LogP contribution is -2.26. The maximum absolute atomic E-state index is 12.2. The number of methoxy groups -OCH3 is 1. The summed E-state index contributed by atoms with van der Waals surface area (Å²) in [5.41, 5.74) is 3.51. The average Bonchev–Trinajstić information content (AvgIpc) is 3.26. The highest BCUT2D eigenvalue weighted by Crippen LogP contribution is 2.23. The van der Waals surface area contributed by atoms with Crippen molar-refractivity contribution < 1.29 is 9.53 Å². The molecule has 0 fully saturated rings. The van der Waals surface area contributed by atoms with Crippen LogP contribution < -0.4 is 10.1 Å². The fourth-order valence-corrected chi connectivity index (χ4v) is 3.19. The third-order valence-corrected chi connectivity index (χ3v) is 4.62. The number of nitrogens with one attached hydrogen (secondary N) is 2. The Balaban J connectivity index is 1.59. The van der Waals surface area contributed by atoms with Crippen LogP contribution >= 0.6 is 11.3 Å². The summed E-state index contributed by atoms with van der Waals surface area (Å²) in [5.74, 6) is 0.662. The van der Waals surface area contributed by atoms with Gasteiger partial charge in [-0.1, -0.05) is 23.8 Å². The Morgan fingerprint density at radius 2 is 2.21 bits per heavy atom. The molecule has 124 valence electrons. The molecule has 6 heteroatoms. The number of carbonyl (C=O) groups is 1. The summed E-state index contributed by atoms with van der Waals surface area (Å²) in [6, 6.07) is 11.8. The molecule has 0 bridgehead atoms. The lowest BCUT2D eigenvalue weighted by atomic mass is 10.1. The molecule has 0 spiro atoms. The zero-order chi connectivity index (χ0) is 16.9. The number of hydrogen-bond donors (Lipinski definition) is 2. The highest BCUT2D eigenvalue weighted by atomic mass is 32.1. The third-order valence-electron chi connectivity index (χ3n) is 3.71. The third kappa shape index (κ3) is 3.65. The quantitative estimate of drug-likeness (QED) is 0.722. The molecule has 2 N–H and O–H groups in total. The van der Waals surface area contributed by atoms with Crippen LogP contribution in [0.5, 0.6) is 5.75 Å². The SMILES string of the molecule is COc1ccc(C)cc1CCNC(=O)c1cc(-c2cccs2)[nH]n1. The highest BCUT2D eigenvalue weighted by Gasteiger charge is 2.12. The van der Waals surface area contributed by atoms with Crippen LogP contribution in [-0.4, -0.2) is 29.8 Å². The van der Waals surface area contributed by atoms with Gasteiger partial charge in [-0.15, -0.1) is 11.3 Å². The molecule has 0 unspecified atom stereocenters. The first kappa shape index (κ1) is 16.3. The Labute approximate surface area is 144 Å². The van der Waals surface area contributed by atoms with Crippen LogP contribution in [0.3, 0.4) is 0 Å². The lowest BCUT2D eigenvalue weighted by Gasteiger charge is -2.09. The van der Waals surface area contributed by atoms with E-state index in [0.29, 0.717) is 18.7 Å². The first-order valence-electron chi connectivity index (χ1n) is 7.68. The van der Waals surface area contributed by atoms with E-state index in [1.807, 2.05) is 36.6 Å². The number of nitrogens with zero attached hydrogens (tertiary/aromatic N) is 1. The van der Waals surface area contributed by atoms with E-state index in [9.17, 15) is 4.79 Å². The van der Waals surface area contributed by atoms with E-state index >= 15 is 0 Å². The summed E-state index contributed by atoms with van der Waals surface area (Å²) >= 11 is 1.60. The minimum atomic E-state index is -0.180. The number of hydrogen-bond acceptors (Lipinski definition) is 4. The molecule has 0 saturated heterocycles. The number of ether oxygens (including phenoxy) is 1. The van der Waals surface area contributed by atoms with Crippen molar-refractivity contribution in [2.75, 3.05) is 13.7 Å². The second-order valence-electron chi connectivity index (χ2n) is 5.47. The minimum Gasteiger partial charge on any atom is -0.496 e. The van der Waals surface area contributed by atoms with Crippen LogP contribution in [0, 0.1) is 6.92 Å². The van der Waals surface area contributed by atoms with Crippen LogP contribution in [0.25, 0.3) is 10.6 Å². The topological polar surface area (TPSA) is 67.0 Å². The molecule has 2 aromatic heterocycles. The van der Waals surface area contributed by atoms with Gasteiger partial charge in [-0.05, 0) is 42.5 Å². The molecule has 0 aliphatic carbocycles. The van der Waals surface area contributed by atoms with Gasteiger partial charge in [0.15, 0.2) is 5.69 Å². The molecule has 0 atom stereocenters. The van der Waals surface area contributed by atoms with Crippen molar-refractivity contribution in [1.82, 2.24) is 15.5 Å². The number of rotatable bonds is 6. The molecule has 0 aliphatic rings. The van der Waals surface area contributed by atoms with Crippen LogP contribution in [-0.2, 0) is 6.42 Å². The fraction of sp³-hybridized carbons (Fsp3) is 0.222. The Morgan fingerprint density at radius 3 is 2.96 bits per heavy atom. The van der Waals surface area contributed by atoms with Gasteiger partial charge in [0.1, 0.15) is 5.75 Å². The van der Waals surface area contributed by atoms with Crippen LogP contribution in [0.15, 0.2) is 41.8 Å². The normalized spacial score (nSPS) is 10.6. The van der Waals surface area contributed by atoms with Crippen molar-refractivity contribution in [1.29, 1.82) is 0 Å². The monoisotopic (exact) mass is 341 g/mol. The standard InChI is InChI=1S/C18H19N3O2S/c1-12-5-6-16(23-2)13(10-12)7-8-19-18(22)15-11-14(20-21-15)17-4-3-9-24-17/h3-6,9-11H,7-8H2,1-2H3,(H,19,22)(H,20,21). The van der Waals surface area contributed by atoms with Crippen molar-refractivity contribution >= 4 is 17.2 Å². The zero-order valence-electron chi connectivity index (χ0n) is 13.6. The van der Waals surface area contributed by atoms with Crippen LogP contribution in [0.1, 0.15) is 21.6 Å². The summed E-state index contributed by atoms with van der Waals surface area (Å²) in [4.78, 5) is 13.3. The molecule has 3 aromatic rings. The van der Waals surface area contributed by atoms with E-state index in [4.69, 9.17) is 4.74 Å². The zero-order valence-corrected chi connectivity index (χ0v) is 14.4. The van der Waals surface area contributed by atoms with Gasteiger partial charge in [0.25, 0.3) is 5.91 Å². The molecular weight excluding hydrogens is 322 g/mol. The Morgan fingerprint density at radius 1 is 1.33 bits per heavy atom. The maximum atomic E-state index is 12.2. The highest BCUT2D eigenvalue weighted by molar-refractivity contribution is 7.13. The number of amides is 1. The molecule has 5 nitrogen and oxygen atoms in total. The maximum Gasteiger partial charge on any atom is 0.271 e. The van der Waals surface area contributed by atoms with Crippen LogP contribution in [0.2, 0.25) is 0 Å². The minimum absolute atomic E-state index is 0.180. The average molecular weight is 341 g/mol. The second kappa shape index (κ2) is 7.31. The largest absolute Gasteiger partial charge is 0.496 e. The smallest absolute Gasteiger partial charge is 0.271 e. The van der Waals surface area contributed by atoms with E-state index in [1.165, 1.54) is 5.56 Å². The number of benzene rings is 1. The lowest BCUT2D eigenvalue weighted by molar-refractivity contribution is 0.0949. The summed E-state index contributed by atoms with van der Waals surface area (Å²) < 4.78 is 5.36. The van der Waals surface area contributed by atoms with E-state index in [-0.39, 0.29) is 5.91 Å². The first-order chi connectivity index (χ1) is 11.7.